The molecule has 0 saturated carbocycles. The maximum Gasteiger partial charge on any atom is 0.244 e. The third-order valence-electron chi connectivity index (χ3n) is 8.79. The lowest BCUT2D eigenvalue weighted by atomic mass is 10.0. The van der Waals surface area contributed by atoms with E-state index >= 15 is 0 Å². The highest BCUT2D eigenvalue weighted by molar-refractivity contribution is 7.96. The van der Waals surface area contributed by atoms with Crippen molar-refractivity contribution in [1.82, 2.24) is 20.7 Å². The van der Waals surface area contributed by atoms with E-state index in [-0.39, 0.29) is 24.7 Å². The first-order chi connectivity index (χ1) is 27.1. The molecular formula is C43H46N8O4S. The Labute approximate surface area is 330 Å². The van der Waals surface area contributed by atoms with Crippen LogP contribution in [0.25, 0.3) is 0 Å². The van der Waals surface area contributed by atoms with Crippen molar-refractivity contribution in [3.63, 3.8) is 0 Å². The molecular weight excluding hydrogens is 725 g/mol. The minimum absolute atomic E-state index is 0.0280. The van der Waals surface area contributed by atoms with Gasteiger partial charge in [0.05, 0.1) is 11.7 Å². The second kappa shape index (κ2) is 20.9. The molecule has 1 unspecified atom stereocenters. The number of rotatable bonds is 19. The van der Waals surface area contributed by atoms with Crippen LogP contribution >= 0.6 is 11.9 Å². The number of hydrogen-bond acceptors (Lipinski definition) is 7. The Hall–Kier alpha value is -6.44. The monoisotopic (exact) mass is 770 g/mol. The van der Waals surface area contributed by atoms with E-state index in [4.69, 9.17) is 17.2 Å². The number of carbonyl (C=O) groups excluding carboxylic acids is 4. The van der Waals surface area contributed by atoms with E-state index < -0.39 is 41.9 Å². The average Bonchev–Trinajstić information content (AvgIpc) is 3.20. The number of guanidine groups is 1. The zero-order chi connectivity index (χ0) is 39.7. The van der Waals surface area contributed by atoms with E-state index in [9.17, 15) is 19.2 Å². The minimum atomic E-state index is -1.18. The van der Waals surface area contributed by atoms with Gasteiger partial charge in [0.2, 0.25) is 23.6 Å². The van der Waals surface area contributed by atoms with E-state index in [1.807, 2.05) is 91.0 Å². The molecule has 5 aromatic carbocycles. The van der Waals surface area contributed by atoms with Crippen LogP contribution in [0.15, 0.2) is 151 Å². The fraction of sp³-hybridized carbons (Fsp3) is 0.186. The summed E-state index contributed by atoms with van der Waals surface area (Å²) in [7, 11) is 0. The summed E-state index contributed by atoms with van der Waals surface area (Å²) in [4.78, 5) is 59.2. The van der Waals surface area contributed by atoms with Crippen LogP contribution < -0.4 is 37.9 Å². The molecule has 0 spiro atoms. The molecule has 4 atom stereocenters. The molecule has 13 heteroatoms. The molecule has 5 aromatic rings. The lowest BCUT2D eigenvalue weighted by molar-refractivity contribution is -0.133. The molecule has 5 rings (SSSR count). The van der Waals surface area contributed by atoms with Gasteiger partial charge in [-0.05, 0) is 46.4 Å². The fourth-order valence-electron chi connectivity index (χ4n) is 5.95. The summed E-state index contributed by atoms with van der Waals surface area (Å²) in [5, 5.41) is 8.58. The Balaban J connectivity index is 1.40. The number of nitrogens with zero attached hydrogens (tertiary/aromatic N) is 1. The van der Waals surface area contributed by atoms with Crippen LogP contribution in [0.3, 0.4) is 0 Å². The van der Waals surface area contributed by atoms with Gasteiger partial charge < -0.3 is 33.2 Å². The fourth-order valence-corrected chi connectivity index (χ4v) is 6.78. The van der Waals surface area contributed by atoms with Gasteiger partial charge in [-0.2, -0.15) is 0 Å². The van der Waals surface area contributed by atoms with Crippen molar-refractivity contribution in [1.29, 1.82) is 0 Å². The molecule has 10 N–H and O–H groups in total. The third-order valence-corrected chi connectivity index (χ3v) is 9.72. The van der Waals surface area contributed by atoms with Gasteiger partial charge in [-0.15, -0.1) is 0 Å². The SMILES string of the molecule is NC(=O)[C@@H](NC(=O)C(Cc1ccc(N=C(N)N)cc1)NC(=O)[C@H](Cc1ccccc1)NC(=O)[C@@H](Cc1ccccc1)NSCc1ccccc1)c1ccccc1. The summed E-state index contributed by atoms with van der Waals surface area (Å²) in [6.07, 6.45) is 0.534. The average molecular weight is 771 g/mol. The zero-order valence-electron chi connectivity index (χ0n) is 30.7. The summed E-state index contributed by atoms with van der Waals surface area (Å²) >= 11 is 1.40. The topological polar surface area (TPSA) is 207 Å². The lowest BCUT2D eigenvalue weighted by Gasteiger charge is -2.26. The highest BCUT2D eigenvalue weighted by Crippen LogP contribution is 2.17. The maximum absolute atomic E-state index is 14.4. The van der Waals surface area contributed by atoms with Gasteiger partial charge in [-0.3, -0.25) is 23.9 Å². The van der Waals surface area contributed by atoms with Gasteiger partial charge in [-0.1, -0.05) is 145 Å². The van der Waals surface area contributed by atoms with Crippen molar-refractivity contribution >= 4 is 47.2 Å². The number of nitrogens with two attached hydrogens (primary N) is 3. The second-order valence-electron chi connectivity index (χ2n) is 13.1. The standard InChI is InChI=1S/C43H46N8O4S/c44-39(52)38(33-19-11-4-12-20-33)50-41(54)36(26-31-21-23-34(24-22-31)47-43(45)46)48-40(53)35(25-29-13-5-1-6-14-29)49-42(55)37(27-30-15-7-2-8-16-30)51-56-28-32-17-9-3-10-18-32/h1-24,35-38,51H,25-28H2,(H2,44,52)(H,48,53)(H,49,55)(H,50,54)(H4,45,46,47)/t35-,36?,37+,38-/m0/s1. The molecule has 288 valence electrons. The zero-order valence-corrected chi connectivity index (χ0v) is 31.5. The van der Waals surface area contributed by atoms with Crippen molar-refractivity contribution in [2.45, 2.75) is 49.2 Å². The van der Waals surface area contributed by atoms with Crippen LogP contribution in [-0.2, 0) is 44.2 Å². The van der Waals surface area contributed by atoms with Gasteiger partial charge in [0.25, 0.3) is 0 Å². The van der Waals surface area contributed by atoms with Crippen LogP contribution in [0.2, 0.25) is 0 Å². The van der Waals surface area contributed by atoms with Crippen molar-refractivity contribution in [2.24, 2.45) is 22.2 Å². The Morgan fingerprint density at radius 2 is 0.911 bits per heavy atom. The van der Waals surface area contributed by atoms with E-state index in [0.29, 0.717) is 29.0 Å². The number of benzene rings is 5. The van der Waals surface area contributed by atoms with Crippen molar-refractivity contribution in [2.75, 3.05) is 0 Å². The van der Waals surface area contributed by atoms with E-state index in [2.05, 4.69) is 25.7 Å². The lowest BCUT2D eigenvalue weighted by Crippen LogP contribution is -2.57. The number of nitrogens with one attached hydrogen (secondary N) is 4. The van der Waals surface area contributed by atoms with Gasteiger partial charge >= 0.3 is 0 Å². The summed E-state index contributed by atoms with van der Waals surface area (Å²) in [6.45, 7) is 0. The number of amides is 4. The predicted molar refractivity (Wildman–Crippen MR) is 221 cm³/mol. The molecule has 12 nitrogen and oxygen atoms in total. The van der Waals surface area contributed by atoms with E-state index in [0.717, 1.165) is 16.7 Å². The van der Waals surface area contributed by atoms with Gasteiger partial charge in [0, 0.05) is 18.6 Å². The minimum Gasteiger partial charge on any atom is -0.370 e. The highest BCUT2D eigenvalue weighted by atomic mass is 32.2. The maximum atomic E-state index is 14.4. The molecule has 0 fully saturated rings. The molecule has 0 aliphatic carbocycles. The molecule has 0 bridgehead atoms. The summed E-state index contributed by atoms with van der Waals surface area (Å²) in [5.74, 6) is -1.89. The second-order valence-corrected chi connectivity index (χ2v) is 13.9. The van der Waals surface area contributed by atoms with Gasteiger partial charge in [0.1, 0.15) is 18.1 Å². The van der Waals surface area contributed by atoms with E-state index in [1.165, 1.54) is 11.9 Å². The van der Waals surface area contributed by atoms with Crippen LogP contribution in [0, 0.1) is 0 Å². The Bertz CT molecular complexity index is 2050. The van der Waals surface area contributed by atoms with Crippen LogP contribution in [0.1, 0.15) is 33.9 Å². The van der Waals surface area contributed by atoms with Gasteiger partial charge in [0.15, 0.2) is 5.96 Å². The normalized spacial score (nSPS) is 12.9. The Kier molecular flexibility index (Phi) is 15.2. The van der Waals surface area contributed by atoms with Crippen LogP contribution in [-0.4, -0.2) is 47.7 Å². The molecule has 0 radical (unpaired) electrons. The van der Waals surface area contributed by atoms with Gasteiger partial charge in [-0.25, -0.2) is 4.99 Å². The Morgan fingerprint density at radius 3 is 1.39 bits per heavy atom. The molecule has 0 aliphatic rings. The third kappa shape index (κ3) is 12.9. The molecule has 0 aliphatic heterocycles. The van der Waals surface area contributed by atoms with Crippen LogP contribution in [0.4, 0.5) is 5.69 Å². The summed E-state index contributed by atoms with van der Waals surface area (Å²) in [5.41, 5.74) is 21.3. The smallest absolute Gasteiger partial charge is 0.244 e. The first kappa shape index (κ1) is 40.7. The molecule has 4 amide bonds. The van der Waals surface area contributed by atoms with Crippen molar-refractivity contribution in [3.05, 3.63) is 173 Å². The van der Waals surface area contributed by atoms with Crippen LogP contribution in [0.5, 0.6) is 0 Å². The first-order valence-corrected chi connectivity index (χ1v) is 19.1. The Morgan fingerprint density at radius 1 is 0.500 bits per heavy atom. The summed E-state index contributed by atoms with van der Waals surface area (Å²) in [6, 6.07) is 40.1. The summed E-state index contributed by atoms with van der Waals surface area (Å²) < 4.78 is 3.32. The predicted octanol–water partition coefficient (Wildman–Crippen LogP) is 3.74. The van der Waals surface area contributed by atoms with E-state index in [1.54, 1.807) is 54.6 Å². The number of aliphatic imine (C=N–C) groups is 1. The quantitative estimate of drug-likeness (QED) is 0.0373. The molecule has 56 heavy (non-hydrogen) atoms. The largest absolute Gasteiger partial charge is 0.370 e. The number of hydrogen-bond donors (Lipinski definition) is 7. The highest BCUT2D eigenvalue weighted by Gasteiger charge is 2.31. The number of primary amides is 1. The first-order valence-electron chi connectivity index (χ1n) is 18.1. The van der Waals surface area contributed by atoms with Crippen molar-refractivity contribution < 1.29 is 19.2 Å². The number of carbonyl (C=O) groups is 4. The molecule has 0 heterocycles. The molecule has 0 aromatic heterocycles. The van der Waals surface area contributed by atoms with Crippen molar-refractivity contribution in [3.8, 4) is 0 Å². The molecule has 0 saturated heterocycles.